The molecule has 0 aliphatic heterocycles. The third-order valence-electron chi connectivity index (χ3n) is 4.32. The molecule has 0 amide bonds. The lowest BCUT2D eigenvalue weighted by atomic mass is 9.76. The van der Waals surface area contributed by atoms with Crippen LogP contribution in [0.15, 0.2) is 0 Å². The molecule has 0 heterocycles. The van der Waals surface area contributed by atoms with E-state index in [-0.39, 0.29) is 0 Å². The minimum Gasteiger partial charge on any atom is -0.0654 e. The molecule has 3 atom stereocenters. The first kappa shape index (κ1) is 13.1. The van der Waals surface area contributed by atoms with E-state index in [0.717, 1.165) is 23.7 Å². The first-order chi connectivity index (χ1) is 7.15. The summed E-state index contributed by atoms with van der Waals surface area (Å²) in [7, 11) is 0. The van der Waals surface area contributed by atoms with Crippen molar-refractivity contribution in [3.05, 3.63) is 0 Å². The van der Waals surface area contributed by atoms with Crippen molar-refractivity contribution in [1.29, 1.82) is 0 Å². The summed E-state index contributed by atoms with van der Waals surface area (Å²) >= 11 is 0. The van der Waals surface area contributed by atoms with Crippen molar-refractivity contribution in [2.24, 2.45) is 23.7 Å². The molecule has 90 valence electrons. The molecule has 1 saturated carbocycles. The molecular formula is C15H30. The van der Waals surface area contributed by atoms with Gasteiger partial charge in [0.25, 0.3) is 0 Å². The Morgan fingerprint density at radius 2 is 1.67 bits per heavy atom. The van der Waals surface area contributed by atoms with Crippen LogP contribution in [0.25, 0.3) is 0 Å². The van der Waals surface area contributed by atoms with Gasteiger partial charge in [0.05, 0.1) is 0 Å². The summed E-state index contributed by atoms with van der Waals surface area (Å²) in [6, 6.07) is 0. The lowest BCUT2D eigenvalue weighted by Gasteiger charge is -2.29. The molecule has 0 bridgehead atoms. The Hall–Kier alpha value is 0. The van der Waals surface area contributed by atoms with Gasteiger partial charge in [-0.05, 0) is 30.1 Å². The second-order valence-corrected chi connectivity index (χ2v) is 6.08. The lowest BCUT2D eigenvalue weighted by Crippen LogP contribution is -2.20. The second kappa shape index (κ2) is 6.55. The zero-order chi connectivity index (χ0) is 11.3. The van der Waals surface area contributed by atoms with Gasteiger partial charge in [-0.2, -0.15) is 0 Å². The molecule has 0 aromatic carbocycles. The van der Waals surface area contributed by atoms with Gasteiger partial charge < -0.3 is 0 Å². The largest absolute Gasteiger partial charge is 0.0654 e. The molecule has 0 spiro atoms. The van der Waals surface area contributed by atoms with E-state index < -0.39 is 0 Å². The molecule has 0 heteroatoms. The second-order valence-electron chi connectivity index (χ2n) is 6.08. The van der Waals surface area contributed by atoms with Crippen molar-refractivity contribution in [3.63, 3.8) is 0 Å². The monoisotopic (exact) mass is 210 g/mol. The average molecular weight is 210 g/mol. The van der Waals surface area contributed by atoms with Crippen LogP contribution in [0.2, 0.25) is 0 Å². The average Bonchev–Trinajstić information content (AvgIpc) is 2.33. The van der Waals surface area contributed by atoms with Crippen LogP contribution in [0.1, 0.15) is 72.6 Å². The lowest BCUT2D eigenvalue weighted by molar-refractivity contribution is 0.208. The standard InChI is InChI=1S/C15H30/c1-5-8-14-9-6-7-10-15(13(14)4)11-12(2)3/h12-15H,5-11H2,1-4H3. The fourth-order valence-corrected chi connectivity index (χ4v) is 3.44. The molecule has 0 aromatic heterocycles. The summed E-state index contributed by atoms with van der Waals surface area (Å²) in [5, 5.41) is 0. The van der Waals surface area contributed by atoms with Gasteiger partial charge in [0, 0.05) is 0 Å². The van der Waals surface area contributed by atoms with Crippen LogP contribution in [-0.2, 0) is 0 Å². The Bertz CT molecular complexity index is 159. The van der Waals surface area contributed by atoms with Gasteiger partial charge in [0.2, 0.25) is 0 Å². The SMILES string of the molecule is CCCC1CCCCC(CC(C)C)C1C. The third-order valence-corrected chi connectivity index (χ3v) is 4.32. The van der Waals surface area contributed by atoms with Gasteiger partial charge in [-0.25, -0.2) is 0 Å². The summed E-state index contributed by atoms with van der Waals surface area (Å²) in [5.74, 6) is 3.91. The van der Waals surface area contributed by atoms with E-state index in [0.29, 0.717) is 0 Å². The molecule has 15 heavy (non-hydrogen) atoms. The zero-order valence-corrected chi connectivity index (χ0v) is 11.3. The topological polar surface area (TPSA) is 0 Å². The molecule has 3 unspecified atom stereocenters. The molecule has 1 rings (SSSR count). The molecule has 0 saturated heterocycles. The molecule has 0 nitrogen and oxygen atoms in total. The quantitative estimate of drug-likeness (QED) is 0.554. The van der Waals surface area contributed by atoms with Gasteiger partial charge in [-0.15, -0.1) is 0 Å². The Morgan fingerprint density at radius 3 is 2.20 bits per heavy atom. The van der Waals surface area contributed by atoms with E-state index in [1.54, 1.807) is 0 Å². The van der Waals surface area contributed by atoms with Crippen molar-refractivity contribution >= 4 is 0 Å². The van der Waals surface area contributed by atoms with Gasteiger partial charge in [-0.3, -0.25) is 0 Å². The summed E-state index contributed by atoms with van der Waals surface area (Å²) in [6.07, 6.45) is 10.3. The summed E-state index contributed by atoms with van der Waals surface area (Å²) in [6.45, 7) is 9.63. The molecule has 1 fully saturated rings. The maximum absolute atomic E-state index is 2.53. The highest BCUT2D eigenvalue weighted by Crippen LogP contribution is 2.38. The minimum atomic E-state index is 0.887. The molecule has 0 N–H and O–H groups in total. The van der Waals surface area contributed by atoms with Gasteiger partial charge in [-0.1, -0.05) is 66.2 Å². The first-order valence-electron chi connectivity index (χ1n) is 7.15. The van der Waals surface area contributed by atoms with Crippen LogP contribution in [0, 0.1) is 23.7 Å². The van der Waals surface area contributed by atoms with Crippen LogP contribution < -0.4 is 0 Å². The fourth-order valence-electron chi connectivity index (χ4n) is 3.44. The van der Waals surface area contributed by atoms with Crippen molar-refractivity contribution < 1.29 is 0 Å². The van der Waals surface area contributed by atoms with Gasteiger partial charge in [0.15, 0.2) is 0 Å². The Kier molecular flexibility index (Phi) is 5.71. The van der Waals surface area contributed by atoms with Crippen molar-refractivity contribution in [2.75, 3.05) is 0 Å². The number of rotatable bonds is 4. The van der Waals surface area contributed by atoms with Crippen LogP contribution >= 0.6 is 0 Å². The van der Waals surface area contributed by atoms with E-state index in [4.69, 9.17) is 0 Å². The smallest absolute Gasteiger partial charge is 0.0383 e. The predicted molar refractivity (Wildman–Crippen MR) is 69.0 cm³/mol. The van der Waals surface area contributed by atoms with Crippen LogP contribution in [0.4, 0.5) is 0 Å². The molecular weight excluding hydrogens is 180 g/mol. The van der Waals surface area contributed by atoms with Crippen LogP contribution in [-0.4, -0.2) is 0 Å². The van der Waals surface area contributed by atoms with Crippen LogP contribution in [0.5, 0.6) is 0 Å². The van der Waals surface area contributed by atoms with E-state index in [1.165, 1.54) is 44.9 Å². The number of hydrogen-bond donors (Lipinski definition) is 0. The molecule has 1 aliphatic rings. The Labute approximate surface area is 96.8 Å². The normalized spacial score (nSPS) is 33.0. The number of hydrogen-bond acceptors (Lipinski definition) is 0. The highest BCUT2D eigenvalue weighted by Gasteiger charge is 2.27. The van der Waals surface area contributed by atoms with Crippen molar-refractivity contribution in [2.45, 2.75) is 72.6 Å². The maximum Gasteiger partial charge on any atom is -0.0383 e. The molecule has 0 aromatic rings. The maximum atomic E-state index is 2.53. The van der Waals surface area contributed by atoms with E-state index in [2.05, 4.69) is 27.7 Å². The van der Waals surface area contributed by atoms with Crippen molar-refractivity contribution in [3.8, 4) is 0 Å². The predicted octanol–water partition coefficient (Wildman–Crippen LogP) is 5.28. The molecule has 0 radical (unpaired) electrons. The first-order valence-corrected chi connectivity index (χ1v) is 7.15. The van der Waals surface area contributed by atoms with E-state index in [1.807, 2.05) is 0 Å². The van der Waals surface area contributed by atoms with Gasteiger partial charge in [0.1, 0.15) is 0 Å². The zero-order valence-electron chi connectivity index (χ0n) is 11.3. The summed E-state index contributed by atoms with van der Waals surface area (Å²) < 4.78 is 0. The Balaban J connectivity index is 2.53. The highest BCUT2D eigenvalue weighted by molar-refractivity contribution is 4.78. The van der Waals surface area contributed by atoms with Crippen LogP contribution in [0.3, 0.4) is 0 Å². The molecule has 1 aliphatic carbocycles. The Morgan fingerprint density at radius 1 is 1.07 bits per heavy atom. The minimum absolute atomic E-state index is 0.887. The van der Waals surface area contributed by atoms with E-state index >= 15 is 0 Å². The van der Waals surface area contributed by atoms with Gasteiger partial charge >= 0.3 is 0 Å². The summed E-state index contributed by atoms with van der Waals surface area (Å²) in [4.78, 5) is 0. The summed E-state index contributed by atoms with van der Waals surface area (Å²) in [5.41, 5.74) is 0. The highest BCUT2D eigenvalue weighted by atomic mass is 14.3. The van der Waals surface area contributed by atoms with E-state index in [9.17, 15) is 0 Å². The van der Waals surface area contributed by atoms with Crippen molar-refractivity contribution in [1.82, 2.24) is 0 Å². The fraction of sp³-hybridized carbons (Fsp3) is 1.00. The third kappa shape index (κ3) is 4.17.